The minimum Gasteiger partial charge on any atom is -0.490 e. The third-order valence-electron chi connectivity index (χ3n) is 3.53. The van der Waals surface area contributed by atoms with Crippen molar-refractivity contribution in [3.8, 4) is 5.75 Å². The van der Waals surface area contributed by atoms with Crippen molar-refractivity contribution < 1.29 is 14.6 Å². The fourth-order valence-corrected chi connectivity index (χ4v) is 2.35. The summed E-state index contributed by atoms with van der Waals surface area (Å²) in [4.78, 5) is 13.6. The second-order valence-electron chi connectivity index (χ2n) is 8.03. The summed E-state index contributed by atoms with van der Waals surface area (Å²) in [7, 11) is 1.78. The topological polar surface area (TPSA) is 61.8 Å². The number of hydrogen-bond acceptors (Lipinski definition) is 4. The van der Waals surface area contributed by atoms with E-state index in [-0.39, 0.29) is 18.6 Å². The second kappa shape index (κ2) is 13.6. The van der Waals surface area contributed by atoms with Crippen LogP contribution in [0.15, 0.2) is 24.3 Å². The van der Waals surface area contributed by atoms with E-state index >= 15 is 0 Å². The maximum atomic E-state index is 11.7. The fourth-order valence-electron chi connectivity index (χ4n) is 2.35. The first-order chi connectivity index (χ1) is 12.7. The molecule has 0 aromatic heterocycles. The molecule has 1 aliphatic rings. The molecule has 1 heterocycles. The largest absolute Gasteiger partial charge is 0.490 e. The van der Waals surface area contributed by atoms with Crippen LogP contribution in [0.1, 0.15) is 59.9 Å². The van der Waals surface area contributed by atoms with E-state index in [4.69, 9.17) is 9.84 Å². The Hall–Kier alpha value is -1.59. The number of aliphatic hydroxyl groups is 1. The van der Waals surface area contributed by atoms with Gasteiger partial charge in [-0.1, -0.05) is 53.7 Å². The van der Waals surface area contributed by atoms with Gasteiger partial charge < -0.3 is 20.1 Å². The Balaban J connectivity index is 0.000000838. The molecule has 1 aromatic carbocycles. The van der Waals surface area contributed by atoms with Gasteiger partial charge in [0.25, 0.3) is 0 Å². The molecule has 1 saturated heterocycles. The molecule has 2 rings (SSSR count). The van der Waals surface area contributed by atoms with Crippen LogP contribution in [0.3, 0.4) is 0 Å². The lowest BCUT2D eigenvalue weighted by Gasteiger charge is -2.32. The Bertz CT molecular complexity index is 495. The number of carbonyl (C=O) groups excluding carboxylic acids is 1. The number of likely N-dealkylation sites (N-methyl/N-ethyl adjacent to an activating group) is 1. The Kier molecular flexibility index (Phi) is 12.8. The van der Waals surface area contributed by atoms with Gasteiger partial charge in [0.05, 0.1) is 13.2 Å². The number of aliphatic hydroxyl groups excluding tert-OH is 1. The lowest BCUT2D eigenvalue weighted by Crippen LogP contribution is -2.44. The Morgan fingerprint density at radius 2 is 1.63 bits per heavy atom. The highest BCUT2D eigenvalue weighted by molar-refractivity contribution is 5.78. The molecule has 0 atom stereocenters. The number of hydrogen-bond donors (Lipinski definition) is 2. The lowest BCUT2D eigenvalue weighted by molar-refractivity contribution is -0.131. The molecular weight excluding hydrogens is 340 g/mol. The van der Waals surface area contributed by atoms with Gasteiger partial charge in [-0.25, -0.2) is 0 Å². The fraction of sp³-hybridized carbons (Fsp3) is 0.682. The Labute approximate surface area is 166 Å². The van der Waals surface area contributed by atoms with Crippen LogP contribution in [-0.2, 0) is 11.4 Å². The van der Waals surface area contributed by atoms with Gasteiger partial charge in [-0.05, 0) is 30.2 Å². The zero-order valence-corrected chi connectivity index (χ0v) is 18.3. The molecule has 1 aromatic rings. The molecule has 0 spiro atoms. The van der Waals surface area contributed by atoms with E-state index < -0.39 is 0 Å². The highest BCUT2D eigenvalue weighted by Crippen LogP contribution is 2.19. The van der Waals surface area contributed by atoms with E-state index in [1.807, 2.05) is 43.0 Å². The van der Waals surface area contributed by atoms with Crippen molar-refractivity contribution in [3.63, 3.8) is 0 Å². The predicted octanol–water partition coefficient (Wildman–Crippen LogP) is 3.85. The molecule has 5 heteroatoms. The molecule has 0 radical (unpaired) electrons. The number of nitrogens with one attached hydrogen (secondary N) is 1. The first-order valence-electron chi connectivity index (χ1n) is 10.0. The van der Waals surface area contributed by atoms with Crippen LogP contribution in [0.4, 0.5) is 0 Å². The molecule has 1 fully saturated rings. The second-order valence-corrected chi connectivity index (χ2v) is 8.03. The molecule has 0 aliphatic carbocycles. The normalized spacial score (nSPS) is 14.4. The van der Waals surface area contributed by atoms with Gasteiger partial charge in [0, 0.05) is 25.9 Å². The monoisotopic (exact) mass is 380 g/mol. The van der Waals surface area contributed by atoms with Crippen LogP contribution in [-0.4, -0.2) is 48.7 Å². The molecule has 0 unspecified atom stereocenters. The van der Waals surface area contributed by atoms with Crippen LogP contribution in [0, 0.1) is 5.41 Å². The summed E-state index contributed by atoms with van der Waals surface area (Å²) in [6.07, 6.45) is 1.88. The van der Waals surface area contributed by atoms with Crippen molar-refractivity contribution in [2.75, 3.05) is 26.7 Å². The van der Waals surface area contributed by atoms with E-state index in [1.54, 1.807) is 7.05 Å². The molecule has 27 heavy (non-hydrogen) atoms. The Morgan fingerprint density at radius 3 is 2.04 bits per heavy atom. The number of likely N-dealkylation sites (tertiary alicyclic amines) is 1. The Morgan fingerprint density at radius 1 is 1.15 bits per heavy atom. The lowest BCUT2D eigenvalue weighted by atomic mass is 10.0. The van der Waals surface area contributed by atoms with Crippen molar-refractivity contribution in [1.82, 2.24) is 10.2 Å². The van der Waals surface area contributed by atoms with Crippen LogP contribution >= 0.6 is 0 Å². The van der Waals surface area contributed by atoms with Gasteiger partial charge in [0.15, 0.2) is 0 Å². The highest BCUT2D eigenvalue weighted by Gasteiger charge is 2.23. The van der Waals surface area contributed by atoms with Crippen molar-refractivity contribution >= 4 is 5.91 Å². The van der Waals surface area contributed by atoms with Crippen molar-refractivity contribution in [1.29, 1.82) is 0 Å². The van der Waals surface area contributed by atoms with E-state index in [9.17, 15) is 4.79 Å². The van der Waals surface area contributed by atoms with E-state index in [2.05, 4.69) is 33.0 Å². The average Bonchev–Trinajstić information content (AvgIpc) is 2.63. The summed E-state index contributed by atoms with van der Waals surface area (Å²) in [6.45, 7) is 14.7. The van der Waals surface area contributed by atoms with E-state index in [1.165, 1.54) is 0 Å². The van der Waals surface area contributed by atoms with Gasteiger partial charge in [0.2, 0.25) is 5.91 Å². The third-order valence-corrected chi connectivity index (χ3v) is 3.53. The van der Waals surface area contributed by atoms with Crippen molar-refractivity contribution in [2.24, 2.45) is 5.41 Å². The maximum Gasteiger partial charge on any atom is 0.236 e. The van der Waals surface area contributed by atoms with Crippen LogP contribution in [0.25, 0.3) is 0 Å². The maximum absolute atomic E-state index is 11.7. The molecule has 0 saturated carbocycles. The van der Waals surface area contributed by atoms with Crippen molar-refractivity contribution in [2.45, 2.75) is 67.1 Å². The smallest absolute Gasteiger partial charge is 0.236 e. The van der Waals surface area contributed by atoms with Gasteiger partial charge in [-0.2, -0.15) is 0 Å². The summed E-state index contributed by atoms with van der Waals surface area (Å²) in [6, 6.07) is 7.48. The zero-order chi connectivity index (χ0) is 20.9. The summed E-state index contributed by atoms with van der Waals surface area (Å²) in [5, 5.41) is 11.9. The number of piperidine rings is 1. The molecule has 1 aliphatic heterocycles. The number of benzene rings is 1. The zero-order valence-electron chi connectivity index (χ0n) is 18.3. The summed E-state index contributed by atoms with van der Waals surface area (Å²) in [5.74, 6) is 0.973. The number of carbonyl (C=O) groups is 1. The van der Waals surface area contributed by atoms with E-state index in [0.717, 1.165) is 37.2 Å². The molecule has 1 amide bonds. The summed E-state index contributed by atoms with van der Waals surface area (Å²) >= 11 is 0. The first kappa shape index (κ1) is 25.4. The molecule has 0 bridgehead atoms. The number of nitrogens with zero attached hydrogens (tertiary/aromatic N) is 1. The SMILES string of the molecule is CC.CC(C)(C)C.CNCC(=O)N1CCC(Oc2ccc(CO)cc2)CC1. The highest BCUT2D eigenvalue weighted by atomic mass is 16.5. The quantitative estimate of drug-likeness (QED) is 0.814. The summed E-state index contributed by atoms with van der Waals surface area (Å²) < 4.78 is 5.91. The minimum atomic E-state index is 0.0479. The number of amides is 1. The number of ether oxygens (including phenoxy) is 1. The first-order valence-corrected chi connectivity index (χ1v) is 10.0. The molecular formula is C22H40N2O3. The number of rotatable bonds is 5. The van der Waals surface area contributed by atoms with Crippen LogP contribution in [0.5, 0.6) is 5.75 Å². The predicted molar refractivity (Wildman–Crippen MR) is 113 cm³/mol. The van der Waals surface area contributed by atoms with Crippen LogP contribution < -0.4 is 10.1 Å². The van der Waals surface area contributed by atoms with Gasteiger partial charge in [-0.3, -0.25) is 4.79 Å². The van der Waals surface area contributed by atoms with Gasteiger partial charge in [0.1, 0.15) is 11.9 Å². The van der Waals surface area contributed by atoms with Gasteiger partial charge in [-0.15, -0.1) is 0 Å². The van der Waals surface area contributed by atoms with Gasteiger partial charge >= 0.3 is 0 Å². The van der Waals surface area contributed by atoms with Crippen LogP contribution in [0.2, 0.25) is 0 Å². The average molecular weight is 381 g/mol. The standard InChI is InChI=1S/C15H22N2O3.C5H12.C2H6/c1-16-10-15(19)17-8-6-14(7-9-17)20-13-4-2-12(11-18)3-5-13;1-5(2,3)4;1-2/h2-5,14,16,18H,6-11H2,1H3;1-4H3;1-2H3. The molecule has 5 nitrogen and oxygen atoms in total. The van der Waals surface area contributed by atoms with Crippen molar-refractivity contribution in [3.05, 3.63) is 29.8 Å². The minimum absolute atomic E-state index is 0.0479. The van der Waals surface area contributed by atoms with E-state index in [0.29, 0.717) is 12.0 Å². The molecule has 156 valence electrons. The molecule has 2 N–H and O–H groups in total. The third kappa shape index (κ3) is 12.4. The summed E-state index contributed by atoms with van der Waals surface area (Å²) in [5.41, 5.74) is 1.38.